The van der Waals surface area contributed by atoms with Crippen LogP contribution in [0.25, 0.3) is 16.9 Å². The fourth-order valence-corrected chi connectivity index (χ4v) is 3.51. The van der Waals surface area contributed by atoms with E-state index in [1.54, 1.807) is 22.7 Å². The monoisotopic (exact) mass is 389 g/mol. The van der Waals surface area contributed by atoms with Gasteiger partial charge in [-0.1, -0.05) is 48.5 Å². The minimum Gasteiger partial charge on any atom is -0.449 e. The number of amides is 1. The highest BCUT2D eigenvalue weighted by molar-refractivity contribution is 5.97. The molecule has 0 unspecified atom stereocenters. The van der Waals surface area contributed by atoms with Gasteiger partial charge in [-0.2, -0.15) is 5.10 Å². The highest BCUT2D eigenvalue weighted by atomic mass is 16.5. The van der Waals surface area contributed by atoms with Crippen LogP contribution in [0.1, 0.15) is 30.1 Å². The van der Waals surface area contributed by atoms with Gasteiger partial charge in [-0.15, -0.1) is 0 Å². The Morgan fingerprint density at radius 2 is 1.59 bits per heavy atom. The van der Waals surface area contributed by atoms with Gasteiger partial charge in [0.1, 0.15) is 11.3 Å². The van der Waals surface area contributed by atoms with Gasteiger partial charge in [0.05, 0.1) is 5.69 Å². The topological polar surface area (TPSA) is 64.4 Å². The number of benzene rings is 2. The number of likely N-dealkylation sites (tertiary alicyclic amines) is 1. The standard InChI is InChI=1S/C23H23N3O3/c1-17(22(27)25-14-8-9-15-25)29-23(28)20-16-26(19-12-6-3-7-13-19)24-21(20)18-10-4-2-5-11-18/h2-7,10-13,16-17H,8-9,14-15H2,1H3/t17-/m0/s1. The maximum absolute atomic E-state index is 13.0. The van der Waals surface area contributed by atoms with Gasteiger partial charge >= 0.3 is 5.97 Å². The number of ether oxygens (including phenoxy) is 1. The van der Waals surface area contributed by atoms with Crippen molar-refractivity contribution in [3.63, 3.8) is 0 Å². The molecule has 6 nitrogen and oxygen atoms in total. The summed E-state index contributed by atoms with van der Waals surface area (Å²) in [5.41, 5.74) is 2.51. The first kappa shape index (κ1) is 18.9. The zero-order valence-corrected chi connectivity index (χ0v) is 16.3. The maximum Gasteiger partial charge on any atom is 0.342 e. The van der Waals surface area contributed by atoms with Crippen molar-refractivity contribution in [1.82, 2.24) is 14.7 Å². The van der Waals surface area contributed by atoms with Crippen molar-refractivity contribution in [2.75, 3.05) is 13.1 Å². The van der Waals surface area contributed by atoms with E-state index in [0.717, 1.165) is 37.2 Å². The molecule has 6 heteroatoms. The largest absolute Gasteiger partial charge is 0.449 e. The molecular weight excluding hydrogens is 366 g/mol. The van der Waals surface area contributed by atoms with Crippen LogP contribution in [0.3, 0.4) is 0 Å². The van der Waals surface area contributed by atoms with Gasteiger partial charge < -0.3 is 9.64 Å². The lowest BCUT2D eigenvalue weighted by atomic mass is 10.1. The average molecular weight is 389 g/mol. The summed E-state index contributed by atoms with van der Waals surface area (Å²) in [5, 5.41) is 4.62. The molecule has 1 fully saturated rings. The Morgan fingerprint density at radius 3 is 2.24 bits per heavy atom. The van der Waals surface area contributed by atoms with Crippen LogP contribution in [0, 0.1) is 0 Å². The molecule has 0 bridgehead atoms. The Hall–Kier alpha value is -3.41. The zero-order chi connectivity index (χ0) is 20.2. The van der Waals surface area contributed by atoms with E-state index in [1.165, 1.54) is 0 Å². The van der Waals surface area contributed by atoms with Crippen LogP contribution in [-0.4, -0.2) is 45.8 Å². The Balaban J connectivity index is 1.63. The van der Waals surface area contributed by atoms with Gasteiger partial charge in [-0.05, 0) is 31.9 Å². The Morgan fingerprint density at radius 1 is 0.966 bits per heavy atom. The summed E-state index contributed by atoms with van der Waals surface area (Å²) in [5.74, 6) is -0.696. The SMILES string of the molecule is C[C@H](OC(=O)c1cn(-c2ccccc2)nc1-c1ccccc1)C(=O)N1CCCC1. The molecule has 1 aromatic heterocycles. The second-order valence-corrected chi connectivity index (χ2v) is 7.12. The van der Waals surface area contributed by atoms with Crippen LogP contribution in [0.4, 0.5) is 0 Å². The third-order valence-corrected chi connectivity index (χ3v) is 5.05. The summed E-state index contributed by atoms with van der Waals surface area (Å²) in [4.78, 5) is 27.2. The molecule has 1 aliphatic rings. The highest BCUT2D eigenvalue weighted by Gasteiger charge is 2.28. The molecule has 1 aliphatic heterocycles. The first-order valence-electron chi connectivity index (χ1n) is 9.84. The van der Waals surface area contributed by atoms with E-state index in [1.807, 2.05) is 60.7 Å². The van der Waals surface area contributed by atoms with Crippen molar-refractivity contribution >= 4 is 11.9 Å². The highest BCUT2D eigenvalue weighted by Crippen LogP contribution is 2.25. The van der Waals surface area contributed by atoms with Crippen LogP contribution in [0.15, 0.2) is 66.9 Å². The van der Waals surface area contributed by atoms with Gasteiger partial charge in [0.25, 0.3) is 5.91 Å². The summed E-state index contributed by atoms with van der Waals surface area (Å²) < 4.78 is 7.20. The van der Waals surface area contributed by atoms with Crippen molar-refractivity contribution < 1.29 is 14.3 Å². The quantitative estimate of drug-likeness (QED) is 0.624. The lowest BCUT2D eigenvalue weighted by molar-refractivity contribution is -0.138. The predicted molar refractivity (Wildman–Crippen MR) is 110 cm³/mol. The molecular formula is C23H23N3O3. The molecule has 1 amide bonds. The fourth-order valence-electron chi connectivity index (χ4n) is 3.51. The number of hydrogen-bond donors (Lipinski definition) is 0. The smallest absolute Gasteiger partial charge is 0.342 e. The molecule has 0 spiro atoms. The first-order valence-corrected chi connectivity index (χ1v) is 9.84. The van der Waals surface area contributed by atoms with Gasteiger partial charge in [0, 0.05) is 24.8 Å². The summed E-state index contributed by atoms with van der Waals surface area (Å²) in [6.07, 6.45) is 2.82. The minimum absolute atomic E-state index is 0.146. The normalized spacial score (nSPS) is 14.6. The molecule has 3 aromatic rings. The summed E-state index contributed by atoms with van der Waals surface area (Å²) in [7, 11) is 0. The number of para-hydroxylation sites is 1. The minimum atomic E-state index is -0.829. The van der Waals surface area contributed by atoms with Gasteiger partial charge in [0.2, 0.25) is 0 Å². The van der Waals surface area contributed by atoms with Crippen molar-refractivity contribution in [1.29, 1.82) is 0 Å². The van der Waals surface area contributed by atoms with Crippen LogP contribution in [-0.2, 0) is 9.53 Å². The van der Waals surface area contributed by atoms with Gasteiger partial charge in [0.15, 0.2) is 6.10 Å². The molecule has 148 valence electrons. The number of carbonyl (C=O) groups excluding carboxylic acids is 2. The second-order valence-electron chi connectivity index (χ2n) is 7.12. The first-order chi connectivity index (χ1) is 14.1. The second kappa shape index (κ2) is 8.31. The van der Waals surface area contributed by atoms with Gasteiger partial charge in [-0.3, -0.25) is 4.79 Å². The number of rotatable bonds is 5. The summed E-state index contributed by atoms with van der Waals surface area (Å²) in [6, 6.07) is 19.1. The molecule has 29 heavy (non-hydrogen) atoms. The number of carbonyl (C=O) groups is 2. The van der Waals surface area contributed by atoms with Crippen molar-refractivity contribution in [2.24, 2.45) is 0 Å². The van der Waals surface area contributed by atoms with E-state index in [-0.39, 0.29) is 5.91 Å². The molecule has 0 radical (unpaired) electrons. The zero-order valence-electron chi connectivity index (χ0n) is 16.3. The lowest BCUT2D eigenvalue weighted by Gasteiger charge is -2.20. The summed E-state index contributed by atoms with van der Waals surface area (Å²) in [6.45, 7) is 3.08. The van der Waals surface area contributed by atoms with E-state index in [0.29, 0.717) is 11.3 Å². The van der Waals surface area contributed by atoms with Crippen LogP contribution >= 0.6 is 0 Å². The van der Waals surface area contributed by atoms with Crippen molar-refractivity contribution in [3.8, 4) is 16.9 Å². The van der Waals surface area contributed by atoms with Crippen molar-refractivity contribution in [2.45, 2.75) is 25.9 Å². The Labute approximate surface area is 169 Å². The third kappa shape index (κ3) is 4.06. The van der Waals surface area contributed by atoms with E-state index >= 15 is 0 Å². The average Bonchev–Trinajstić information content (AvgIpc) is 3.45. The Kier molecular flexibility index (Phi) is 5.42. The third-order valence-electron chi connectivity index (χ3n) is 5.05. The molecule has 0 saturated carbocycles. The molecule has 2 aromatic carbocycles. The number of nitrogens with zero attached hydrogens (tertiary/aromatic N) is 3. The van der Waals surface area contributed by atoms with Crippen LogP contribution in [0.2, 0.25) is 0 Å². The number of hydrogen-bond acceptors (Lipinski definition) is 4. The maximum atomic E-state index is 13.0. The molecule has 1 atom stereocenters. The summed E-state index contributed by atoms with van der Waals surface area (Å²) >= 11 is 0. The number of aromatic nitrogens is 2. The molecule has 1 saturated heterocycles. The Bertz CT molecular complexity index is 993. The van der Waals surface area contributed by atoms with Crippen LogP contribution < -0.4 is 0 Å². The lowest BCUT2D eigenvalue weighted by Crippen LogP contribution is -2.38. The molecule has 0 N–H and O–H groups in total. The van der Waals surface area contributed by atoms with Crippen molar-refractivity contribution in [3.05, 3.63) is 72.4 Å². The molecule has 2 heterocycles. The van der Waals surface area contributed by atoms with E-state index in [9.17, 15) is 9.59 Å². The van der Waals surface area contributed by atoms with E-state index < -0.39 is 12.1 Å². The fraction of sp³-hybridized carbons (Fsp3) is 0.261. The van der Waals surface area contributed by atoms with E-state index in [2.05, 4.69) is 5.10 Å². The molecule has 4 rings (SSSR count). The number of esters is 1. The predicted octanol–water partition coefficient (Wildman–Crippen LogP) is 3.71. The van der Waals surface area contributed by atoms with Crippen LogP contribution in [0.5, 0.6) is 0 Å². The van der Waals surface area contributed by atoms with Gasteiger partial charge in [-0.25, -0.2) is 9.48 Å². The van der Waals surface area contributed by atoms with E-state index in [4.69, 9.17) is 4.74 Å². The molecule has 0 aliphatic carbocycles.